The van der Waals surface area contributed by atoms with Crippen molar-refractivity contribution in [3.8, 4) is 0 Å². The standard InChI is InChI=1S/C26H34N2O2/c29-25(18-21-12-8-11-20-10-6-7-16-24(20)21)28-17-9-13-22(19-28)26(30)27-23-14-4-2-1-3-5-15-23/h6-8,10-12,16,22-23H,1-5,9,13-15,17-19H2,(H,27,30)/t22-/m1/s1. The molecule has 0 spiro atoms. The summed E-state index contributed by atoms with van der Waals surface area (Å²) in [6.45, 7) is 1.32. The minimum atomic E-state index is -0.0688. The molecule has 1 aliphatic heterocycles. The van der Waals surface area contributed by atoms with E-state index >= 15 is 0 Å². The number of hydrogen-bond donors (Lipinski definition) is 1. The number of likely N-dealkylation sites (tertiary alicyclic amines) is 1. The molecule has 0 aromatic heterocycles. The van der Waals surface area contributed by atoms with Gasteiger partial charge in [-0.3, -0.25) is 9.59 Å². The Kier molecular flexibility index (Phi) is 7.03. The van der Waals surface area contributed by atoms with E-state index in [4.69, 9.17) is 0 Å². The van der Waals surface area contributed by atoms with Crippen LogP contribution in [0.3, 0.4) is 0 Å². The van der Waals surface area contributed by atoms with Crippen LogP contribution in [0.4, 0.5) is 0 Å². The summed E-state index contributed by atoms with van der Waals surface area (Å²) >= 11 is 0. The summed E-state index contributed by atoms with van der Waals surface area (Å²) in [5, 5.41) is 5.62. The summed E-state index contributed by atoms with van der Waals surface area (Å²) in [5.41, 5.74) is 1.07. The van der Waals surface area contributed by atoms with E-state index in [-0.39, 0.29) is 17.7 Å². The van der Waals surface area contributed by atoms with E-state index in [2.05, 4.69) is 23.5 Å². The number of nitrogens with zero attached hydrogens (tertiary/aromatic N) is 1. The van der Waals surface area contributed by atoms with Crippen molar-refractivity contribution >= 4 is 22.6 Å². The van der Waals surface area contributed by atoms with Crippen LogP contribution < -0.4 is 5.32 Å². The maximum Gasteiger partial charge on any atom is 0.227 e. The maximum absolute atomic E-state index is 13.0. The van der Waals surface area contributed by atoms with Gasteiger partial charge in [0.05, 0.1) is 12.3 Å². The van der Waals surface area contributed by atoms with Crippen LogP contribution in [-0.2, 0) is 16.0 Å². The quantitative estimate of drug-likeness (QED) is 0.789. The minimum absolute atomic E-state index is 0.0688. The average molecular weight is 407 g/mol. The van der Waals surface area contributed by atoms with Gasteiger partial charge in [-0.15, -0.1) is 0 Å². The maximum atomic E-state index is 13.0. The Balaban J connectivity index is 1.35. The average Bonchev–Trinajstić information content (AvgIpc) is 2.76. The van der Waals surface area contributed by atoms with Gasteiger partial charge < -0.3 is 10.2 Å². The molecule has 2 amide bonds. The Morgan fingerprint density at radius 3 is 2.43 bits per heavy atom. The second-order valence-electron chi connectivity index (χ2n) is 9.04. The predicted molar refractivity (Wildman–Crippen MR) is 121 cm³/mol. The minimum Gasteiger partial charge on any atom is -0.353 e. The van der Waals surface area contributed by atoms with Crippen LogP contribution in [0.1, 0.15) is 63.4 Å². The van der Waals surface area contributed by atoms with Crippen molar-refractivity contribution in [1.29, 1.82) is 0 Å². The fourth-order valence-electron chi connectivity index (χ4n) is 5.06. The Morgan fingerprint density at radius 2 is 1.60 bits per heavy atom. The number of rotatable bonds is 4. The molecule has 0 radical (unpaired) electrons. The molecule has 2 aromatic rings. The van der Waals surface area contributed by atoms with E-state index in [1.807, 2.05) is 29.2 Å². The first-order valence-corrected chi connectivity index (χ1v) is 11.8. The normalized spacial score (nSPS) is 21.1. The highest BCUT2D eigenvalue weighted by atomic mass is 16.2. The SMILES string of the molecule is O=C(NC1CCCCCCC1)[C@@H]1CCCN(C(=O)Cc2cccc3ccccc23)C1. The molecule has 4 heteroatoms. The second kappa shape index (κ2) is 10.1. The molecule has 1 heterocycles. The van der Waals surface area contributed by atoms with Crippen molar-refractivity contribution in [3.05, 3.63) is 48.0 Å². The summed E-state index contributed by atoms with van der Waals surface area (Å²) in [6.07, 6.45) is 10.7. The smallest absolute Gasteiger partial charge is 0.227 e. The molecule has 4 nitrogen and oxygen atoms in total. The van der Waals surface area contributed by atoms with Gasteiger partial charge in [0.1, 0.15) is 0 Å². The Bertz CT molecular complexity index is 865. The molecule has 0 bridgehead atoms. The number of amides is 2. The van der Waals surface area contributed by atoms with E-state index in [0.717, 1.165) is 48.6 Å². The van der Waals surface area contributed by atoms with Crippen molar-refractivity contribution in [1.82, 2.24) is 10.2 Å². The first-order chi connectivity index (χ1) is 14.7. The summed E-state index contributed by atoms with van der Waals surface area (Å²) in [6, 6.07) is 14.7. The summed E-state index contributed by atoms with van der Waals surface area (Å²) in [5.74, 6) is 0.221. The summed E-state index contributed by atoms with van der Waals surface area (Å²) < 4.78 is 0. The number of nitrogens with one attached hydrogen (secondary N) is 1. The summed E-state index contributed by atoms with van der Waals surface area (Å²) in [4.78, 5) is 27.9. The van der Waals surface area contributed by atoms with Gasteiger partial charge in [-0.2, -0.15) is 0 Å². The molecule has 1 N–H and O–H groups in total. The second-order valence-corrected chi connectivity index (χ2v) is 9.04. The molecular weight excluding hydrogens is 372 g/mol. The molecule has 1 aliphatic carbocycles. The predicted octanol–water partition coefficient (Wildman–Crippen LogP) is 4.85. The Hall–Kier alpha value is -2.36. The molecule has 1 saturated heterocycles. The molecule has 1 atom stereocenters. The number of carbonyl (C=O) groups is 2. The van der Waals surface area contributed by atoms with Crippen LogP contribution in [0.5, 0.6) is 0 Å². The highest BCUT2D eigenvalue weighted by molar-refractivity contribution is 5.90. The third-order valence-corrected chi connectivity index (χ3v) is 6.82. The fourth-order valence-corrected chi connectivity index (χ4v) is 5.06. The molecule has 0 unspecified atom stereocenters. The van der Waals surface area contributed by atoms with Gasteiger partial charge >= 0.3 is 0 Å². The largest absolute Gasteiger partial charge is 0.353 e. The zero-order valence-electron chi connectivity index (χ0n) is 17.9. The van der Waals surface area contributed by atoms with Gasteiger partial charge in [-0.05, 0) is 42.0 Å². The van der Waals surface area contributed by atoms with E-state index in [1.54, 1.807) is 0 Å². The highest BCUT2D eigenvalue weighted by Gasteiger charge is 2.29. The first kappa shape index (κ1) is 20.9. The monoisotopic (exact) mass is 406 g/mol. The lowest BCUT2D eigenvalue weighted by Crippen LogP contribution is -2.48. The van der Waals surface area contributed by atoms with E-state index in [1.165, 1.54) is 32.1 Å². The van der Waals surface area contributed by atoms with Crippen LogP contribution in [0.15, 0.2) is 42.5 Å². The van der Waals surface area contributed by atoms with Crippen LogP contribution >= 0.6 is 0 Å². The van der Waals surface area contributed by atoms with Crippen molar-refractivity contribution in [3.63, 3.8) is 0 Å². The molecule has 2 aliphatic rings. The van der Waals surface area contributed by atoms with Gasteiger partial charge in [0.15, 0.2) is 0 Å². The van der Waals surface area contributed by atoms with Gasteiger partial charge in [0.2, 0.25) is 11.8 Å². The lowest BCUT2D eigenvalue weighted by atomic mass is 9.93. The van der Waals surface area contributed by atoms with E-state index in [0.29, 0.717) is 19.0 Å². The highest BCUT2D eigenvalue weighted by Crippen LogP contribution is 2.23. The summed E-state index contributed by atoms with van der Waals surface area (Å²) in [7, 11) is 0. The van der Waals surface area contributed by atoms with Gasteiger partial charge in [0, 0.05) is 19.1 Å². The van der Waals surface area contributed by atoms with Crippen LogP contribution in [0.2, 0.25) is 0 Å². The van der Waals surface area contributed by atoms with E-state index < -0.39 is 0 Å². The van der Waals surface area contributed by atoms with Crippen molar-refractivity contribution in [2.24, 2.45) is 5.92 Å². The topological polar surface area (TPSA) is 49.4 Å². The molecule has 2 aromatic carbocycles. The number of carbonyl (C=O) groups excluding carboxylic acids is 2. The zero-order valence-corrected chi connectivity index (χ0v) is 17.9. The number of piperidine rings is 1. The van der Waals surface area contributed by atoms with Crippen molar-refractivity contribution in [2.45, 2.75) is 70.3 Å². The van der Waals surface area contributed by atoms with E-state index in [9.17, 15) is 9.59 Å². The van der Waals surface area contributed by atoms with Crippen molar-refractivity contribution < 1.29 is 9.59 Å². The lowest BCUT2D eigenvalue weighted by Gasteiger charge is -2.33. The van der Waals surface area contributed by atoms with Gasteiger partial charge in [0.25, 0.3) is 0 Å². The molecule has 4 rings (SSSR count). The van der Waals surface area contributed by atoms with Gasteiger partial charge in [-0.25, -0.2) is 0 Å². The molecule has 1 saturated carbocycles. The van der Waals surface area contributed by atoms with Gasteiger partial charge in [-0.1, -0.05) is 74.6 Å². The molecule has 2 fully saturated rings. The Labute approximate surface area is 180 Å². The number of benzene rings is 2. The number of hydrogen-bond acceptors (Lipinski definition) is 2. The molecule has 30 heavy (non-hydrogen) atoms. The lowest BCUT2D eigenvalue weighted by molar-refractivity contribution is -0.135. The zero-order chi connectivity index (χ0) is 20.8. The van der Waals surface area contributed by atoms with Crippen molar-refractivity contribution in [2.75, 3.05) is 13.1 Å². The third-order valence-electron chi connectivity index (χ3n) is 6.82. The van der Waals surface area contributed by atoms with Crippen LogP contribution in [-0.4, -0.2) is 35.8 Å². The number of fused-ring (bicyclic) bond motifs is 1. The van der Waals surface area contributed by atoms with Crippen LogP contribution in [0.25, 0.3) is 10.8 Å². The Morgan fingerprint density at radius 1 is 0.867 bits per heavy atom. The fraction of sp³-hybridized carbons (Fsp3) is 0.538. The first-order valence-electron chi connectivity index (χ1n) is 11.8. The molecule has 160 valence electrons. The van der Waals surface area contributed by atoms with Crippen LogP contribution in [0, 0.1) is 5.92 Å². The molecular formula is C26H34N2O2. The third kappa shape index (κ3) is 5.21.